The molecule has 0 aromatic heterocycles. The molecule has 2 aromatic rings. The molecule has 0 radical (unpaired) electrons. The van der Waals surface area contributed by atoms with E-state index in [1.54, 1.807) is 18.8 Å². The van der Waals surface area contributed by atoms with Crippen LogP contribution in [-0.2, 0) is 10.3 Å². The Morgan fingerprint density at radius 1 is 1.13 bits per heavy atom. The van der Waals surface area contributed by atoms with E-state index in [0.29, 0.717) is 0 Å². The van der Waals surface area contributed by atoms with Crippen LogP contribution in [0.1, 0.15) is 12.5 Å². The number of hydrogen-bond acceptors (Lipinski definition) is 4. The first-order valence-electron chi connectivity index (χ1n) is 7.34. The fourth-order valence-electron chi connectivity index (χ4n) is 2.77. The van der Waals surface area contributed by atoms with E-state index < -0.39 is 5.54 Å². The lowest BCUT2D eigenvalue weighted by Crippen LogP contribution is -2.38. The van der Waals surface area contributed by atoms with E-state index in [9.17, 15) is 4.79 Å². The summed E-state index contributed by atoms with van der Waals surface area (Å²) in [5.41, 5.74) is 7.91. The number of thioether (sulfide) groups is 1. The van der Waals surface area contributed by atoms with Crippen LogP contribution in [0.4, 0.5) is 0 Å². The second-order valence-corrected chi connectivity index (χ2v) is 6.60. The number of benzene rings is 2. The van der Waals surface area contributed by atoms with Crippen LogP contribution < -0.4 is 5.73 Å². The third-order valence-electron chi connectivity index (χ3n) is 4.23. The van der Waals surface area contributed by atoms with Gasteiger partial charge in [0.1, 0.15) is 0 Å². The average molecular weight is 325 g/mol. The average Bonchev–Trinajstić information content (AvgIpc) is 2.79. The Kier molecular flexibility index (Phi) is 3.90. The first-order valence-corrected chi connectivity index (χ1v) is 8.56. The van der Waals surface area contributed by atoms with Gasteiger partial charge in [-0.05, 0) is 48.1 Å². The first-order chi connectivity index (χ1) is 11.0. The molecule has 1 amide bonds. The molecule has 2 N–H and O–H groups in total. The molecular formula is C18H19N3OS. The Morgan fingerprint density at radius 3 is 2.39 bits per heavy atom. The maximum atomic E-state index is 12.5. The van der Waals surface area contributed by atoms with Gasteiger partial charge < -0.3 is 5.73 Å². The van der Waals surface area contributed by atoms with Gasteiger partial charge in [0.15, 0.2) is 11.5 Å². The van der Waals surface area contributed by atoms with E-state index in [0.717, 1.165) is 16.7 Å². The van der Waals surface area contributed by atoms with Crippen LogP contribution in [-0.4, -0.2) is 30.1 Å². The Balaban J connectivity index is 2.05. The van der Waals surface area contributed by atoms with Crippen molar-refractivity contribution >= 4 is 23.6 Å². The molecule has 0 saturated carbocycles. The van der Waals surface area contributed by atoms with Gasteiger partial charge in [0.2, 0.25) is 0 Å². The summed E-state index contributed by atoms with van der Waals surface area (Å²) in [5.74, 6) is 0.150. The zero-order valence-corrected chi connectivity index (χ0v) is 14.2. The van der Waals surface area contributed by atoms with Gasteiger partial charge >= 0.3 is 0 Å². The Hall–Kier alpha value is -2.27. The van der Waals surface area contributed by atoms with Crippen molar-refractivity contribution < 1.29 is 4.79 Å². The number of rotatable bonds is 3. The molecule has 0 aliphatic carbocycles. The maximum absolute atomic E-state index is 12.5. The van der Waals surface area contributed by atoms with Crippen molar-refractivity contribution in [1.82, 2.24) is 4.90 Å². The molecule has 1 aliphatic rings. The number of carbonyl (C=O) groups is 1. The van der Waals surface area contributed by atoms with Crippen LogP contribution in [0.5, 0.6) is 0 Å². The second kappa shape index (κ2) is 5.74. The van der Waals surface area contributed by atoms with Crippen molar-refractivity contribution in [2.24, 2.45) is 10.7 Å². The molecule has 1 aliphatic heterocycles. The fourth-order valence-corrected chi connectivity index (χ4v) is 3.23. The summed E-state index contributed by atoms with van der Waals surface area (Å²) in [4.78, 5) is 19.5. The second-order valence-electron chi connectivity index (χ2n) is 5.72. The van der Waals surface area contributed by atoms with Gasteiger partial charge in [-0.2, -0.15) is 0 Å². The van der Waals surface area contributed by atoms with Gasteiger partial charge in [-0.15, -0.1) is 11.8 Å². The molecule has 0 saturated heterocycles. The van der Waals surface area contributed by atoms with Crippen molar-refractivity contribution in [3.63, 3.8) is 0 Å². The minimum Gasteiger partial charge on any atom is -0.369 e. The minimum absolute atomic E-state index is 0.106. The monoisotopic (exact) mass is 325 g/mol. The number of carbonyl (C=O) groups excluding carboxylic acids is 1. The number of amides is 1. The Labute approximate surface area is 140 Å². The molecule has 1 atom stereocenters. The molecule has 23 heavy (non-hydrogen) atoms. The fraction of sp³-hybridized carbons (Fsp3) is 0.222. The highest BCUT2D eigenvalue weighted by Crippen LogP contribution is 2.34. The normalized spacial score (nSPS) is 20.7. The molecule has 3 rings (SSSR count). The van der Waals surface area contributed by atoms with E-state index in [4.69, 9.17) is 5.73 Å². The van der Waals surface area contributed by atoms with E-state index in [2.05, 4.69) is 29.4 Å². The van der Waals surface area contributed by atoms with E-state index in [1.165, 1.54) is 9.80 Å². The number of nitrogens with two attached hydrogens (primary N) is 1. The number of aliphatic imine (C=N–C) groups is 1. The number of hydrogen-bond donors (Lipinski definition) is 1. The molecular weight excluding hydrogens is 306 g/mol. The van der Waals surface area contributed by atoms with E-state index >= 15 is 0 Å². The standard InChI is InChI=1S/C18H19N3OS/c1-18(16(22)21(2)17(19)20-18)14-8-4-6-12(10-14)13-7-5-9-15(11-13)23-3/h4-11H,1-3H3,(H2,19,20). The highest BCUT2D eigenvalue weighted by molar-refractivity contribution is 7.98. The molecule has 1 unspecified atom stereocenters. The summed E-state index contributed by atoms with van der Waals surface area (Å²) in [6.07, 6.45) is 2.06. The van der Waals surface area contributed by atoms with Crippen molar-refractivity contribution in [1.29, 1.82) is 0 Å². The lowest BCUT2D eigenvalue weighted by atomic mass is 9.90. The topological polar surface area (TPSA) is 58.7 Å². The van der Waals surface area contributed by atoms with Crippen molar-refractivity contribution in [2.45, 2.75) is 17.4 Å². The van der Waals surface area contributed by atoms with Crippen LogP contribution in [0.25, 0.3) is 11.1 Å². The Morgan fingerprint density at radius 2 is 1.78 bits per heavy atom. The maximum Gasteiger partial charge on any atom is 0.261 e. The van der Waals surface area contributed by atoms with Crippen LogP contribution >= 0.6 is 11.8 Å². The third-order valence-corrected chi connectivity index (χ3v) is 4.96. The van der Waals surface area contributed by atoms with Gasteiger partial charge in [-0.25, -0.2) is 4.99 Å². The quantitative estimate of drug-likeness (QED) is 0.882. The summed E-state index contributed by atoms with van der Waals surface area (Å²) < 4.78 is 0. The van der Waals surface area contributed by atoms with Crippen LogP contribution in [0.2, 0.25) is 0 Å². The minimum atomic E-state index is -0.952. The van der Waals surface area contributed by atoms with Crippen molar-refractivity contribution in [2.75, 3.05) is 13.3 Å². The van der Waals surface area contributed by atoms with Gasteiger partial charge in [0.25, 0.3) is 5.91 Å². The molecule has 0 bridgehead atoms. The van der Waals surface area contributed by atoms with E-state index in [-0.39, 0.29) is 11.9 Å². The van der Waals surface area contributed by atoms with E-state index in [1.807, 2.05) is 37.3 Å². The van der Waals surface area contributed by atoms with Crippen LogP contribution in [0.3, 0.4) is 0 Å². The van der Waals surface area contributed by atoms with Crippen molar-refractivity contribution in [3.8, 4) is 11.1 Å². The zero-order valence-electron chi connectivity index (χ0n) is 13.4. The summed E-state index contributed by atoms with van der Waals surface area (Å²) in [6.45, 7) is 1.81. The lowest BCUT2D eigenvalue weighted by molar-refractivity contribution is -0.130. The van der Waals surface area contributed by atoms with Gasteiger partial charge in [0, 0.05) is 11.9 Å². The lowest BCUT2D eigenvalue weighted by Gasteiger charge is -2.21. The predicted octanol–water partition coefficient (Wildman–Crippen LogP) is 3.08. The number of nitrogens with zero attached hydrogens (tertiary/aromatic N) is 2. The number of guanidine groups is 1. The largest absolute Gasteiger partial charge is 0.369 e. The summed E-state index contributed by atoms with van der Waals surface area (Å²) in [5, 5.41) is 0. The van der Waals surface area contributed by atoms with Crippen molar-refractivity contribution in [3.05, 3.63) is 54.1 Å². The molecule has 118 valence electrons. The molecule has 5 heteroatoms. The third kappa shape index (κ3) is 2.61. The SMILES string of the molecule is CSc1cccc(-c2cccc(C3(C)N=C(N)N(C)C3=O)c2)c1. The summed E-state index contributed by atoms with van der Waals surface area (Å²) in [7, 11) is 1.65. The highest BCUT2D eigenvalue weighted by atomic mass is 32.2. The highest BCUT2D eigenvalue weighted by Gasteiger charge is 2.43. The Bertz CT molecular complexity index is 802. The van der Waals surface area contributed by atoms with Gasteiger partial charge in [-0.3, -0.25) is 9.69 Å². The molecule has 1 heterocycles. The zero-order chi connectivity index (χ0) is 16.6. The van der Waals surface area contributed by atoms with Crippen LogP contribution in [0.15, 0.2) is 58.4 Å². The first kappa shape index (κ1) is 15.6. The smallest absolute Gasteiger partial charge is 0.261 e. The molecule has 0 spiro atoms. The van der Waals surface area contributed by atoms with Gasteiger partial charge in [0.05, 0.1) is 0 Å². The van der Waals surface area contributed by atoms with Gasteiger partial charge in [-0.1, -0.05) is 30.3 Å². The predicted molar refractivity (Wildman–Crippen MR) is 95.4 cm³/mol. The molecule has 2 aromatic carbocycles. The summed E-state index contributed by atoms with van der Waals surface area (Å²) in [6, 6.07) is 16.3. The molecule has 0 fully saturated rings. The summed E-state index contributed by atoms with van der Waals surface area (Å²) >= 11 is 1.71. The van der Waals surface area contributed by atoms with Crippen LogP contribution in [0, 0.1) is 0 Å². The number of likely N-dealkylation sites (N-methyl/N-ethyl adjacent to an activating group) is 1. The molecule has 4 nitrogen and oxygen atoms in total.